The maximum atomic E-state index is 14.1. The summed E-state index contributed by atoms with van der Waals surface area (Å²) in [5, 5.41) is 8.58. The van der Waals surface area contributed by atoms with Gasteiger partial charge in [0.2, 0.25) is 0 Å². The number of sulfone groups is 1. The van der Waals surface area contributed by atoms with E-state index in [1.165, 1.54) is 35.1 Å². The predicted molar refractivity (Wildman–Crippen MR) is 139 cm³/mol. The fourth-order valence-electron chi connectivity index (χ4n) is 5.87. The second kappa shape index (κ2) is 9.33. The zero-order valence-electron chi connectivity index (χ0n) is 21.1. The predicted octanol–water partition coefficient (Wildman–Crippen LogP) is 4.36. The topological polar surface area (TPSA) is 99.7 Å². The Kier molecular flexibility index (Phi) is 6.05. The van der Waals surface area contributed by atoms with Crippen LogP contribution in [0.2, 0.25) is 0 Å². The van der Waals surface area contributed by atoms with E-state index in [2.05, 4.69) is 15.2 Å². The number of carbonyl (C=O) groups excluding carboxylic acids is 1. The standard InChI is InChI=1S/C28H25F2N5O3S/c1-34-11-9-26(33-34)39(37,38)17-18-2-3-20-12-25-19(16-32-35(25)23-6-4-21(29)5-7-23)15-28(20,14-18)27(36)24-13-22(30)8-10-31-24/h4-13,16,18H,2-3,14-15,17H2,1H3/t18?,28-/m1/s1. The SMILES string of the molecule is Cn1ccc(S(=O)(=O)CC2CCC3=Cc4c(cnn4-c4ccc(F)cc4)C[C@]3(C(=O)c3cc(F)ccn3)C2)n1. The van der Waals surface area contributed by atoms with Crippen molar-refractivity contribution in [2.24, 2.45) is 18.4 Å². The average Bonchev–Trinajstić information content (AvgIpc) is 3.53. The lowest BCUT2D eigenvalue weighted by Crippen LogP contribution is -2.43. The summed E-state index contributed by atoms with van der Waals surface area (Å²) in [5.41, 5.74) is 2.00. The van der Waals surface area contributed by atoms with Crippen LogP contribution in [0.3, 0.4) is 0 Å². The van der Waals surface area contributed by atoms with Crippen LogP contribution in [-0.2, 0) is 23.3 Å². The number of ketones is 1. The Labute approximate surface area is 223 Å². The lowest BCUT2D eigenvalue weighted by atomic mass is 9.59. The van der Waals surface area contributed by atoms with Crippen LogP contribution in [0.15, 0.2) is 71.7 Å². The molecule has 0 aliphatic heterocycles. The highest BCUT2D eigenvalue weighted by Crippen LogP contribution is 2.52. The van der Waals surface area contributed by atoms with Crippen LogP contribution in [0, 0.1) is 23.0 Å². The molecule has 0 bridgehead atoms. The second-order valence-corrected chi connectivity index (χ2v) is 12.3. The number of nitrogens with zero attached hydrogens (tertiary/aromatic N) is 5. The van der Waals surface area contributed by atoms with Gasteiger partial charge in [-0.2, -0.15) is 10.2 Å². The maximum absolute atomic E-state index is 14.1. The highest BCUT2D eigenvalue weighted by molar-refractivity contribution is 7.91. The molecular weight excluding hydrogens is 524 g/mol. The Morgan fingerprint density at radius 1 is 1.13 bits per heavy atom. The molecule has 3 aromatic heterocycles. The molecule has 1 fully saturated rings. The summed E-state index contributed by atoms with van der Waals surface area (Å²) in [6, 6.07) is 9.75. The Hall–Kier alpha value is -3.99. The number of fused-ring (bicyclic) bond motifs is 2. The number of hydrogen-bond donors (Lipinski definition) is 0. The molecule has 0 spiro atoms. The molecule has 39 heavy (non-hydrogen) atoms. The number of Topliss-reactive ketones (excluding diaryl/α,β-unsaturated/α-hetero) is 1. The molecule has 3 heterocycles. The Bertz CT molecular complexity index is 1730. The molecule has 1 unspecified atom stereocenters. The number of hydrogen-bond acceptors (Lipinski definition) is 6. The molecule has 6 rings (SSSR count). The quantitative estimate of drug-likeness (QED) is 0.332. The van der Waals surface area contributed by atoms with Crippen LogP contribution in [0.1, 0.15) is 41.0 Å². The molecule has 1 aromatic carbocycles. The molecule has 1 saturated carbocycles. The fraction of sp³-hybridized carbons (Fsp3) is 0.286. The zero-order valence-corrected chi connectivity index (χ0v) is 21.9. The first-order chi connectivity index (χ1) is 18.6. The van der Waals surface area contributed by atoms with Gasteiger partial charge in [-0.25, -0.2) is 21.9 Å². The van der Waals surface area contributed by atoms with Gasteiger partial charge >= 0.3 is 0 Å². The van der Waals surface area contributed by atoms with Crippen molar-refractivity contribution in [1.82, 2.24) is 24.5 Å². The molecule has 0 saturated heterocycles. The first-order valence-corrected chi connectivity index (χ1v) is 14.2. The fourth-order valence-corrected chi connectivity index (χ4v) is 7.47. The number of rotatable bonds is 6. The van der Waals surface area contributed by atoms with Crippen LogP contribution in [-0.4, -0.2) is 44.5 Å². The van der Waals surface area contributed by atoms with Gasteiger partial charge in [-0.15, -0.1) is 0 Å². The van der Waals surface area contributed by atoms with E-state index in [9.17, 15) is 22.0 Å². The van der Waals surface area contributed by atoms with Crippen molar-refractivity contribution in [3.8, 4) is 5.69 Å². The normalized spacial score (nSPS) is 20.7. The molecule has 0 radical (unpaired) electrons. The summed E-state index contributed by atoms with van der Waals surface area (Å²) < 4.78 is 57.1. The van der Waals surface area contributed by atoms with Crippen molar-refractivity contribution in [2.45, 2.75) is 30.7 Å². The number of pyridine rings is 1. The molecular formula is C28H25F2N5O3S. The molecule has 2 aliphatic carbocycles. The van der Waals surface area contributed by atoms with Crippen LogP contribution in [0.4, 0.5) is 8.78 Å². The van der Waals surface area contributed by atoms with Gasteiger partial charge in [-0.05, 0) is 79.6 Å². The summed E-state index contributed by atoms with van der Waals surface area (Å²) in [4.78, 5) is 18.3. The van der Waals surface area contributed by atoms with E-state index in [1.807, 2.05) is 6.08 Å². The molecule has 4 aromatic rings. The van der Waals surface area contributed by atoms with Gasteiger partial charge in [0.1, 0.15) is 17.3 Å². The van der Waals surface area contributed by atoms with E-state index in [-0.39, 0.29) is 46.8 Å². The van der Waals surface area contributed by atoms with Crippen molar-refractivity contribution in [3.05, 3.63) is 95.2 Å². The van der Waals surface area contributed by atoms with Gasteiger partial charge in [-0.3, -0.25) is 14.5 Å². The van der Waals surface area contributed by atoms with Crippen molar-refractivity contribution in [3.63, 3.8) is 0 Å². The summed E-state index contributed by atoms with van der Waals surface area (Å²) in [5.74, 6) is -1.73. The van der Waals surface area contributed by atoms with Crippen LogP contribution in [0.25, 0.3) is 11.8 Å². The molecule has 0 N–H and O–H groups in total. The first kappa shape index (κ1) is 25.3. The van der Waals surface area contributed by atoms with E-state index >= 15 is 0 Å². The van der Waals surface area contributed by atoms with Crippen molar-refractivity contribution in [1.29, 1.82) is 0 Å². The van der Waals surface area contributed by atoms with Crippen LogP contribution < -0.4 is 0 Å². The summed E-state index contributed by atoms with van der Waals surface area (Å²) in [6.07, 6.45) is 8.02. The third kappa shape index (κ3) is 4.50. The highest BCUT2D eigenvalue weighted by Gasteiger charge is 2.50. The molecule has 2 atom stereocenters. The summed E-state index contributed by atoms with van der Waals surface area (Å²) in [7, 11) is -2.03. The van der Waals surface area contributed by atoms with Gasteiger partial charge < -0.3 is 0 Å². The minimum absolute atomic E-state index is 0.00325. The third-order valence-electron chi connectivity index (χ3n) is 7.69. The minimum atomic E-state index is -3.68. The highest BCUT2D eigenvalue weighted by atomic mass is 32.2. The van der Waals surface area contributed by atoms with E-state index in [1.54, 1.807) is 36.3 Å². The minimum Gasteiger partial charge on any atom is -0.291 e. The number of aromatic nitrogens is 5. The van der Waals surface area contributed by atoms with Crippen molar-refractivity contribution in [2.75, 3.05) is 5.75 Å². The molecule has 2 aliphatic rings. The van der Waals surface area contributed by atoms with Gasteiger partial charge in [0.25, 0.3) is 0 Å². The van der Waals surface area contributed by atoms with Crippen LogP contribution in [0.5, 0.6) is 0 Å². The summed E-state index contributed by atoms with van der Waals surface area (Å²) in [6.45, 7) is 0. The van der Waals surface area contributed by atoms with E-state index in [0.717, 1.165) is 22.9 Å². The van der Waals surface area contributed by atoms with Crippen LogP contribution >= 0.6 is 0 Å². The number of aryl methyl sites for hydroxylation is 1. The lowest BCUT2D eigenvalue weighted by Gasteiger charge is -2.43. The number of carbonyl (C=O) groups is 1. The van der Waals surface area contributed by atoms with Crippen molar-refractivity contribution >= 4 is 21.7 Å². The van der Waals surface area contributed by atoms with Gasteiger partial charge in [-0.1, -0.05) is 5.57 Å². The first-order valence-electron chi connectivity index (χ1n) is 12.6. The van der Waals surface area contributed by atoms with Gasteiger partial charge in [0.15, 0.2) is 20.6 Å². The largest absolute Gasteiger partial charge is 0.291 e. The Morgan fingerprint density at radius 3 is 2.64 bits per heavy atom. The third-order valence-corrected chi connectivity index (χ3v) is 9.45. The van der Waals surface area contributed by atoms with Crippen molar-refractivity contribution < 1.29 is 22.0 Å². The number of benzene rings is 1. The monoisotopic (exact) mass is 549 g/mol. The van der Waals surface area contributed by atoms with E-state index in [4.69, 9.17) is 0 Å². The van der Waals surface area contributed by atoms with E-state index < -0.39 is 21.1 Å². The molecule has 200 valence electrons. The molecule has 0 amide bonds. The molecule has 8 nitrogen and oxygen atoms in total. The van der Waals surface area contributed by atoms with E-state index in [0.29, 0.717) is 18.5 Å². The smallest absolute Gasteiger partial charge is 0.197 e. The number of allylic oxidation sites excluding steroid dienone is 1. The average molecular weight is 550 g/mol. The molecule has 11 heteroatoms. The number of halogens is 2. The van der Waals surface area contributed by atoms with Gasteiger partial charge in [0.05, 0.1) is 28.7 Å². The Balaban J connectivity index is 1.40. The maximum Gasteiger partial charge on any atom is 0.197 e. The second-order valence-electron chi connectivity index (χ2n) is 10.3. The Morgan fingerprint density at radius 2 is 1.92 bits per heavy atom. The lowest BCUT2D eigenvalue weighted by molar-refractivity contribution is 0.0762. The zero-order chi connectivity index (χ0) is 27.4. The van der Waals surface area contributed by atoms with Gasteiger partial charge in [0, 0.05) is 25.5 Å². The summed E-state index contributed by atoms with van der Waals surface area (Å²) >= 11 is 0.